The van der Waals surface area contributed by atoms with E-state index >= 15 is 0 Å². The monoisotopic (exact) mass is 186 g/mol. The summed E-state index contributed by atoms with van der Waals surface area (Å²) in [6.45, 7) is 2.17. The molecule has 1 aromatic rings. The molecule has 1 fully saturated rings. The molecule has 0 unspecified atom stereocenters. The van der Waals surface area contributed by atoms with Gasteiger partial charge in [0.15, 0.2) is 0 Å². The van der Waals surface area contributed by atoms with Gasteiger partial charge in [0, 0.05) is 6.20 Å². The van der Waals surface area contributed by atoms with Gasteiger partial charge in [0.05, 0.1) is 5.02 Å². The van der Waals surface area contributed by atoms with E-state index in [1.165, 1.54) is 5.23 Å². The quantitative estimate of drug-likeness (QED) is 0.669. The Morgan fingerprint density at radius 3 is 2.83 bits per heavy atom. The SMILES string of the molecule is Cc1cnc(N2OCO2)c(Cl)c1. The number of aromatic nitrogens is 1. The first kappa shape index (κ1) is 7.79. The first-order chi connectivity index (χ1) is 5.77. The third-order valence-corrected chi connectivity index (χ3v) is 1.75. The predicted molar refractivity (Wildman–Crippen MR) is 43.5 cm³/mol. The number of rotatable bonds is 1. The van der Waals surface area contributed by atoms with E-state index in [1.54, 1.807) is 12.3 Å². The fourth-order valence-corrected chi connectivity index (χ4v) is 1.18. The van der Waals surface area contributed by atoms with Crippen molar-refractivity contribution in [3.05, 3.63) is 22.8 Å². The topological polar surface area (TPSA) is 34.6 Å². The van der Waals surface area contributed by atoms with Gasteiger partial charge in [-0.2, -0.15) is 0 Å². The molecule has 5 heteroatoms. The molecule has 1 aliphatic rings. The van der Waals surface area contributed by atoms with E-state index in [9.17, 15) is 0 Å². The summed E-state index contributed by atoms with van der Waals surface area (Å²) in [5, 5.41) is 1.72. The minimum absolute atomic E-state index is 0.256. The average molecular weight is 187 g/mol. The molecule has 0 aliphatic carbocycles. The van der Waals surface area contributed by atoms with Gasteiger partial charge in [-0.25, -0.2) is 14.7 Å². The standard InChI is InChI=1S/C7H7ClN2O2/c1-5-2-6(8)7(9-3-5)10-11-4-12-10/h2-3H,4H2,1H3. The molecule has 1 aromatic heterocycles. The van der Waals surface area contributed by atoms with Crippen molar-refractivity contribution in [3.8, 4) is 0 Å². The summed E-state index contributed by atoms with van der Waals surface area (Å²) in [6, 6.07) is 1.80. The highest BCUT2D eigenvalue weighted by Gasteiger charge is 2.21. The molecule has 12 heavy (non-hydrogen) atoms. The molecule has 0 radical (unpaired) electrons. The second kappa shape index (κ2) is 2.90. The molecular formula is C7H7ClN2O2. The smallest absolute Gasteiger partial charge is 0.205 e. The van der Waals surface area contributed by atoms with E-state index in [2.05, 4.69) is 4.98 Å². The van der Waals surface area contributed by atoms with Crippen molar-refractivity contribution in [2.75, 3.05) is 12.0 Å². The van der Waals surface area contributed by atoms with Crippen LogP contribution in [-0.4, -0.2) is 11.8 Å². The number of hydrogen-bond donors (Lipinski definition) is 0. The van der Waals surface area contributed by atoms with Crippen LogP contribution in [-0.2, 0) is 9.68 Å². The lowest BCUT2D eigenvalue weighted by atomic mass is 10.3. The number of hydrogen-bond acceptors (Lipinski definition) is 4. The minimum atomic E-state index is 0.256. The van der Waals surface area contributed by atoms with Crippen molar-refractivity contribution in [3.63, 3.8) is 0 Å². The van der Waals surface area contributed by atoms with E-state index in [0.717, 1.165) is 5.56 Å². The van der Waals surface area contributed by atoms with Gasteiger partial charge < -0.3 is 0 Å². The van der Waals surface area contributed by atoms with Gasteiger partial charge in [0.2, 0.25) is 12.6 Å². The first-order valence-corrected chi connectivity index (χ1v) is 3.83. The van der Waals surface area contributed by atoms with Crippen molar-refractivity contribution >= 4 is 17.4 Å². The van der Waals surface area contributed by atoms with Gasteiger partial charge in [-0.1, -0.05) is 16.8 Å². The van der Waals surface area contributed by atoms with Crippen LogP contribution in [0.15, 0.2) is 12.3 Å². The molecule has 2 heterocycles. The van der Waals surface area contributed by atoms with Gasteiger partial charge in [0.1, 0.15) is 0 Å². The zero-order valence-corrected chi connectivity index (χ0v) is 7.21. The third kappa shape index (κ3) is 1.24. The molecule has 0 atom stereocenters. The predicted octanol–water partition coefficient (Wildman–Crippen LogP) is 1.68. The second-order valence-electron chi connectivity index (χ2n) is 2.45. The zero-order chi connectivity index (χ0) is 8.55. The third-order valence-electron chi connectivity index (χ3n) is 1.47. The highest BCUT2D eigenvalue weighted by molar-refractivity contribution is 6.32. The molecule has 0 spiro atoms. The highest BCUT2D eigenvalue weighted by Crippen LogP contribution is 2.26. The molecule has 0 N–H and O–H groups in total. The lowest BCUT2D eigenvalue weighted by molar-refractivity contribution is -0.278. The summed E-state index contributed by atoms with van der Waals surface area (Å²) >= 11 is 5.87. The lowest BCUT2D eigenvalue weighted by Crippen LogP contribution is -2.37. The molecule has 1 aliphatic heterocycles. The fraction of sp³-hybridized carbons (Fsp3) is 0.286. The van der Waals surface area contributed by atoms with Crippen LogP contribution in [0.1, 0.15) is 5.56 Å². The number of anilines is 1. The van der Waals surface area contributed by atoms with Crippen molar-refractivity contribution in [2.24, 2.45) is 0 Å². The van der Waals surface area contributed by atoms with Crippen molar-refractivity contribution in [1.82, 2.24) is 4.98 Å². The van der Waals surface area contributed by atoms with E-state index in [-0.39, 0.29) is 6.79 Å². The maximum absolute atomic E-state index is 5.87. The van der Waals surface area contributed by atoms with E-state index in [0.29, 0.717) is 10.8 Å². The Labute approximate surface area is 74.6 Å². The largest absolute Gasteiger partial charge is 0.233 e. The highest BCUT2D eigenvalue weighted by atomic mass is 35.5. The average Bonchev–Trinajstić information content (AvgIpc) is 1.91. The molecule has 0 aromatic carbocycles. The molecule has 0 amide bonds. The molecule has 4 nitrogen and oxygen atoms in total. The van der Waals surface area contributed by atoms with E-state index < -0.39 is 0 Å². The molecule has 0 bridgehead atoms. The minimum Gasteiger partial charge on any atom is -0.233 e. The summed E-state index contributed by atoms with van der Waals surface area (Å²) in [6.07, 6.45) is 1.70. The van der Waals surface area contributed by atoms with Gasteiger partial charge in [-0.15, -0.1) is 0 Å². The van der Waals surface area contributed by atoms with Crippen LogP contribution in [0.5, 0.6) is 0 Å². The Morgan fingerprint density at radius 2 is 2.33 bits per heavy atom. The summed E-state index contributed by atoms with van der Waals surface area (Å²) < 4.78 is 0. The maximum Gasteiger partial charge on any atom is 0.205 e. The molecule has 64 valence electrons. The van der Waals surface area contributed by atoms with Crippen LogP contribution in [0.25, 0.3) is 0 Å². The number of nitrogens with zero attached hydrogens (tertiary/aromatic N) is 2. The summed E-state index contributed by atoms with van der Waals surface area (Å²) in [5.41, 5.74) is 1.00. The normalized spacial score (nSPS) is 16.0. The first-order valence-electron chi connectivity index (χ1n) is 3.45. The van der Waals surface area contributed by atoms with Crippen LogP contribution >= 0.6 is 11.6 Å². The Hall–Kier alpha value is -0.840. The number of pyridine rings is 1. The van der Waals surface area contributed by atoms with Crippen molar-refractivity contribution < 1.29 is 9.68 Å². The summed E-state index contributed by atoms with van der Waals surface area (Å²) in [5.74, 6) is 0.494. The van der Waals surface area contributed by atoms with Crippen LogP contribution in [0.3, 0.4) is 0 Å². The van der Waals surface area contributed by atoms with Crippen LogP contribution < -0.4 is 5.23 Å². The Balaban J connectivity index is 2.31. The van der Waals surface area contributed by atoms with E-state index in [1.807, 2.05) is 6.92 Å². The Kier molecular flexibility index (Phi) is 1.88. The molecule has 1 saturated heterocycles. The lowest BCUT2D eigenvalue weighted by Gasteiger charge is -2.29. The van der Waals surface area contributed by atoms with Crippen molar-refractivity contribution in [1.29, 1.82) is 0 Å². The van der Waals surface area contributed by atoms with E-state index in [4.69, 9.17) is 21.3 Å². The van der Waals surface area contributed by atoms with Gasteiger partial charge >= 0.3 is 0 Å². The molecule has 2 rings (SSSR count). The van der Waals surface area contributed by atoms with Crippen LogP contribution in [0.2, 0.25) is 5.02 Å². The van der Waals surface area contributed by atoms with Gasteiger partial charge in [-0.3, -0.25) is 0 Å². The van der Waals surface area contributed by atoms with Crippen molar-refractivity contribution in [2.45, 2.75) is 6.92 Å². The van der Waals surface area contributed by atoms with Crippen LogP contribution in [0, 0.1) is 6.92 Å². The fourth-order valence-electron chi connectivity index (χ4n) is 0.888. The molecular weight excluding hydrogens is 180 g/mol. The molecule has 0 saturated carbocycles. The Morgan fingerprint density at radius 1 is 1.58 bits per heavy atom. The number of aryl methyl sites for hydroxylation is 1. The van der Waals surface area contributed by atoms with Gasteiger partial charge in [-0.05, 0) is 18.6 Å². The zero-order valence-electron chi connectivity index (χ0n) is 6.45. The summed E-state index contributed by atoms with van der Waals surface area (Å²) in [4.78, 5) is 13.8. The maximum atomic E-state index is 5.87. The number of halogens is 1. The summed E-state index contributed by atoms with van der Waals surface area (Å²) in [7, 11) is 0. The van der Waals surface area contributed by atoms with Gasteiger partial charge in [0.25, 0.3) is 0 Å². The second-order valence-corrected chi connectivity index (χ2v) is 2.86. The Bertz CT molecular complexity index is 301. The van der Waals surface area contributed by atoms with Crippen LogP contribution in [0.4, 0.5) is 5.82 Å².